The van der Waals surface area contributed by atoms with Crippen molar-refractivity contribution in [2.75, 3.05) is 18.8 Å². The molecule has 0 unspecified atom stereocenters. The number of hydrogen-bond donors (Lipinski definition) is 1. The number of rotatable bonds is 6. The van der Waals surface area contributed by atoms with E-state index >= 15 is 0 Å². The SMILES string of the molecule is C=CCn1c(SCC(=O)NC2CCN(C(C)=O)CC2)nc2ccccc21. The Balaban J connectivity index is 1.56. The van der Waals surface area contributed by atoms with Gasteiger partial charge in [0.15, 0.2) is 5.16 Å². The monoisotopic (exact) mass is 372 g/mol. The lowest BCUT2D eigenvalue weighted by Crippen LogP contribution is -2.46. The number of amides is 2. The Morgan fingerprint density at radius 2 is 2.08 bits per heavy atom. The number of likely N-dealkylation sites (tertiary alicyclic amines) is 1. The number of fused-ring (bicyclic) bond motifs is 1. The van der Waals surface area contributed by atoms with Gasteiger partial charge in [-0.2, -0.15) is 0 Å². The first-order valence-corrected chi connectivity index (χ1v) is 9.81. The van der Waals surface area contributed by atoms with Gasteiger partial charge in [0.25, 0.3) is 0 Å². The molecule has 1 fully saturated rings. The molecule has 0 saturated carbocycles. The number of hydrogen-bond acceptors (Lipinski definition) is 4. The molecule has 7 heteroatoms. The zero-order valence-corrected chi connectivity index (χ0v) is 15.8. The van der Waals surface area contributed by atoms with Crippen molar-refractivity contribution in [1.82, 2.24) is 19.8 Å². The summed E-state index contributed by atoms with van der Waals surface area (Å²) in [4.78, 5) is 30.1. The smallest absolute Gasteiger partial charge is 0.230 e. The average Bonchev–Trinajstić information content (AvgIpc) is 2.99. The van der Waals surface area contributed by atoms with Gasteiger partial charge in [0.1, 0.15) is 0 Å². The molecular formula is C19H24N4O2S. The molecule has 1 saturated heterocycles. The Morgan fingerprint density at radius 3 is 2.77 bits per heavy atom. The summed E-state index contributed by atoms with van der Waals surface area (Å²) in [7, 11) is 0. The third-order valence-corrected chi connectivity index (χ3v) is 5.55. The predicted molar refractivity (Wildman–Crippen MR) is 104 cm³/mol. The lowest BCUT2D eigenvalue weighted by Gasteiger charge is -2.31. The van der Waals surface area contributed by atoms with Gasteiger partial charge in [0.2, 0.25) is 11.8 Å². The molecule has 0 spiro atoms. The van der Waals surface area contributed by atoms with Crippen molar-refractivity contribution in [3.63, 3.8) is 0 Å². The maximum absolute atomic E-state index is 12.3. The Bertz CT molecular complexity index is 809. The zero-order chi connectivity index (χ0) is 18.5. The van der Waals surface area contributed by atoms with Crippen LogP contribution in [0.4, 0.5) is 0 Å². The van der Waals surface area contributed by atoms with Crippen LogP contribution in [0.1, 0.15) is 19.8 Å². The number of carbonyl (C=O) groups is 2. The molecule has 1 N–H and O–H groups in total. The second kappa shape index (κ2) is 8.40. The summed E-state index contributed by atoms with van der Waals surface area (Å²) in [6.45, 7) is 7.48. The van der Waals surface area contributed by atoms with Gasteiger partial charge in [0.05, 0.1) is 16.8 Å². The molecule has 138 valence electrons. The number of aromatic nitrogens is 2. The van der Waals surface area contributed by atoms with Gasteiger partial charge in [-0.15, -0.1) is 6.58 Å². The Morgan fingerprint density at radius 1 is 1.35 bits per heavy atom. The van der Waals surface area contributed by atoms with E-state index in [-0.39, 0.29) is 17.9 Å². The van der Waals surface area contributed by atoms with E-state index in [0.717, 1.165) is 29.0 Å². The molecule has 1 aliphatic rings. The maximum atomic E-state index is 12.3. The first-order chi connectivity index (χ1) is 12.6. The van der Waals surface area contributed by atoms with Crippen LogP contribution in [0.3, 0.4) is 0 Å². The minimum Gasteiger partial charge on any atom is -0.353 e. The number of thioether (sulfide) groups is 1. The van der Waals surface area contributed by atoms with E-state index in [4.69, 9.17) is 0 Å². The molecule has 0 atom stereocenters. The summed E-state index contributed by atoms with van der Waals surface area (Å²) < 4.78 is 2.08. The highest BCUT2D eigenvalue weighted by Gasteiger charge is 2.22. The molecule has 6 nitrogen and oxygen atoms in total. The molecule has 0 aliphatic carbocycles. The number of nitrogens with zero attached hydrogens (tertiary/aromatic N) is 3. The minimum absolute atomic E-state index is 0.00786. The van der Waals surface area contributed by atoms with Crippen molar-refractivity contribution in [1.29, 1.82) is 0 Å². The minimum atomic E-state index is 0.00786. The first kappa shape index (κ1) is 18.5. The number of para-hydroxylation sites is 2. The van der Waals surface area contributed by atoms with Crippen LogP contribution >= 0.6 is 11.8 Å². The van der Waals surface area contributed by atoms with Gasteiger partial charge in [-0.1, -0.05) is 30.0 Å². The molecule has 2 aromatic rings. The molecule has 0 bridgehead atoms. The summed E-state index contributed by atoms with van der Waals surface area (Å²) >= 11 is 1.44. The molecule has 1 aromatic heterocycles. The molecular weight excluding hydrogens is 348 g/mol. The topological polar surface area (TPSA) is 67.2 Å². The third-order valence-electron chi connectivity index (χ3n) is 4.57. The zero-order valence-electron chi connectivity index (χ0n) is 15.0. The van der Waals surface area contributed by atoms with Crippen LogP contribution in [0.2, 0.25) is 0 Å². The van der Waals surface area contributed by atoms with Gasteiger partial charge in [-0.05, 0) is 25.0 Å². The number of carbonyl (C=O) groups excluding carboxylic acids is 2. The second-order valence-electron chi connectivity index (χ2n) is 6.42. The van der Waals surface area contributed by atoms with Crippen LogP contribution in [0, 0.1) is 0 Å². The van der Waals surface area contributed by atoms with Gasteiger partial charge < -0.3 is 14.8 Å². The maximum Gasteiger partial charge on any atom is 0.230 e. The Hall–Kier alpha value is -2.28. The normalized spacial score (nSPS) is 15.2. The van der Waals surface area contributed by atoms with Crippen molar-refractivity contribution in [2.45, 2.75) is 37.5 Å². The molecule has 2 heterocycles. The summed E-state index contributed by atoms with van der Waals surface area (Å²) in [5, 5.41) is 3.91. The third kappa shape index (κ3) is 4.27. The van der Waals surface area contributed by atoms with Crippen LogP contribution in [0.15, 0.2) is 42.1 Å². The molecule has 2 amide bonds. The van der Waals surface area contributed by atoms with Gasteiger partial charge >= 0.3 is 0 Å². The second-order valence-corrected chi connectivity index (χ2v) is 7.36. The van der Waals surface area contributed by atoms with Crippen LogP contribution in [0.5, 0.6) is 0 Å². The van der Waals surface area contributed by atoms with Crippen molar-refractivity contribution in [3.8, 4) is 0 Å². The van der Waals surface area contributed by atoms with E-state index < -0.39 is 0 Å². The van der Waals surface area contributed by atoms with Gasteiger partial charge in [-0.25, -0.2) is 4.98 Å². The van der Waals surface area contributed by atoms with Crippen molar-refractivity contribution in [3.05, 3.63) is 36.9 Å². The standard InChI is InChI=1S/C19H24N4O2S/c1-3-10-23-17-7-5-4-6-16(17)21-19(23)26-13-18(25)20-15-8-11-22(12-9-15)14(2)24/h3-7,15H,1,8-13H2,2H3,(H,20,25). The highest BCUT2D eigenvalue weighted by molar-refractivity contribution is 7.99. The van der Waals surface area contributed by atoms with E-state index in [0.29, 0.717) is 25.4 Å². The van der Waals surface area contributed by atoms with Crippen molar-refractivity contribution in [2.24, 2.45) is 0 Å². The van der Waals surface area contributed by atoms with Gasteiger partial charge in [0, 0.05) is 32.6 Å². The molecule has 0 radical (unpaired) electrons. The fraction of sp³-hybridized carbons (Fsp3) is 0.421. The first-order valence-electron chi connectivity index (χ1n) is 8.82. The van der Waals surface area contributed by atoms with Crippen molar-refractivity contribution >= 4 is 34.6 Å². The fourth-order valence-electron chi connectivity index (χ4n) is 3.21. The largest absolute Gasteiger partial charge is 0.353 e. The lowest BCUT2D eigenvalue weighted by molar-refractivity contribution is -0.130. The van der Waals surface area contributed by atoms with E-state index in [2.05, 4.69) is 21.4 Å². The molecule has 26 heavy (non-hydrogen) atoms. The lowest BCUT2D eigenvalue weighted by atomic mass is 10.1. The summed E-state index contributed by atoms with van der Waals surface area (Å²) in [6.07, 6.45) is 3.46. The van der Waals surface area contributed by atoms with Crippen LogP contribution in [-0.4, -0.2) is 51.1 Å². The molecule has 1 aromatic carbocycles. The van der Waals surface area contributed by atoms with Gasteiger partial charge in [-0.3, -0.25) is 9.59 Å². The van der Waals surface area contributed by atoms with E-state index in [1.165, 1.54) is 11.8 Å². The summed E-state index contributed by atoms with van der Waals surface area (Å²) in [5.41, 5.74) is 1.97. The van der Waals surface area contributed by atoms with Crippen LogP contribution in [-0.2, 0) is 16.1 Å². The number of nitrogens with one attached hydrogen (secondary N) is 1. The number of imidazole rings is 1. The van der Waals surface area contributed by atoms with Crippen LogP contribution in [0.25, 0.3) is 11.0 Å². The van der Waals surface area contributed by atoms with E-state index in [1.807, 2.05) is 35.2 Å². The summed E-state index contributed by atoms with van der Waals surface area (Å²) in [5.74, 6) is 0.438. The number of allylic oxidation sites excluding steroid dienone is 1. The highest BCUT2D eigenvalue weighted by Crippen LogP contribution is 2.24. The van der Waals surface area contributed by atoms with E-state index in [9.17, 15) is 9.59 Å². The quantitative estimate of drug-likeness (QED) is 0.625. The van der Waals surface area contributed by atoms with Crippen LogP contribution < -0.4 is 5.32 Å². The number of piperidine rings is 1. The number of benzene rings is 1. The Kier molecular flexibility index (Phi) is 5.98. The average molecular weight is 372 g/mol. The predicted octanol–water partition coefficient (Wildman–Crippen LogP) is 2.44. The fourth-order valence-corrected chi connectivity index (χ4v) is 4.04. The Labute approximate surface area is 157 Å². The molecule has 1 aliphatic heterocycles. The highest BCUT2D eigenvalue weighted by atomic mass is 32.2. The van der Waals surface area contributed by atoms with E-state index in [1.54, 1.807) is 6.92 Å². The summed E-state index contributed by atoms with van der Waals surface area (Å²) in [6, 6.07) is 8.09. The van der Waals surface area contributed by atoms with Crippen molar-refractivity contribution < 1.29 is 9.59 Å². The molecule has 3 rings (SSSR count).